The van der Waals surface area contributed by atoms with Crippen LogP contribution in [0.5, 0.6) is 0 Å². The number of hydrogen-bond donors (Lipinski definition) is 1. The molecule has 0 bridgehead atoms. The number of hydrogen-bond acceptors (Lipinski definition) is 2. The van der Waals surface area contributed by atoms with Gasteiger partial charge in [-0.3, -0.25) is 0 Å². The van der Waals surface area contributed by atoms with Gasteiger partial charge in [0.2, 0.25) is 0 Å². The van der Waals surface area contributed by atoms with Crippen molar-refractivity contribution >= 4 is 0 Å². The summed E-state index contributed by atoms with van der Waals surface area (Å²) in [7, 11) is 0. The molecule has 2 rings (SSSR count). The van der Waals surface area contributed by atoms with Crippen LogP contribution in [0.2, 0.25) is 0 Å². The number of aryl methyl sites for hydroxylation is 1. The van der Waals surface area contributed by atoms with Crippen molar-refractivity contribution < 1.29 is 9.84 Å². The molecule has 80 valence electrons. The highest BCUT2D eigenvalue weighted by molar-refractivity contribution is 5.28. The van der Waals surface area contributed by atoms with Crippen molar-refractivity contribution in [3.05, 3.63) is 47.2 Å². The van der Waals surface area contributed by atoms with Gasteiger partial charge in [0.25, 0.3) is 0 Å². The first-order chi connectivity index (χ1) is 7.27. The second-order valence-electron chi connectivity index (χ2n) is 3.98. The van der Waals surface area contributed by atoms with Crippen molar-refractivity contribution in [2.24, 2.45) is 0 Å². The van der Waals surface area contributed by atoms with Crippen molar-refractivity contribution in [2.45, 2.75) is 25.9 Å². The molecular weight excluding hydrogens is 188 g/mol. The maximum atomic E-state index is 10.1. The normalized spacial score (nSPS) is 17.9. The maximum Gasteiger partial charge on any atom is 0.103 e. The third-order valence-electron chi connectivity index (χ3n) is 2.71. The molecule has 0 saturated heterocycles. The quantitative estimate of drug-likeness (QED) is 0.802. The Morgan fingerprint density at radius 2 is 2.00 bits per heavy atom. The van der Waals surface area contributed by atoms with E-state index in [1.54, 1.807) is 6.26 Å². The zero-order valence-electron chi connectivity index (χ0n) is 8.94. The van der Waals surface area contributed by atoms with E-state index in [1.165, 1.54) is 5.56 Å². The first-order valence-corrected chi connectivity index (χ1v) is 5.32. The Hall–Kier alpha value is -1.28. The van der Waals surface area contributed by atoms with Crippen LogP contribution < -0.4 is 0 Å². The molecule has 1 N–H and O–H groups in total. The topological polar surface area (TPSA) is 29.5 Å². The summed E-state index contributed by atoms with van der Waals surface area (Å²) in [6.07, 6.45) is 3.11. The summed E-state index contributed by atoms with van der Waals surface area (Å²) in [6.45, 7) is 2.81. The van der Waals surface area contributed by atoms with Crippen LogP contribution in [0.15, 0.2) is 36.1 Å². The largest absolute Gasteiger partial charge is 0.501 e. The van der Waals surface area contributed by atoms with Gasteiger partial charge in [-0.25, -0.2) is 0 Å². The lowest BCUT2D eigenvalue weighted by molar-refractivity contribution is 0.170. The summed E-state index contributed by atoms with van der Waals surface area (Å²) in [5, 5.41) is 10.1. The van der Waals surface area contributed by atoms with Gasteiger partial charge in [-0.1, -0.05) is 29.8 Å². The Morgan fingerprint density at radius 3 is 2.60 bits per heavy atom. The Labute approximate surface area is 90.2 Å². The van der Waals surface area contributed by atoms with Crippen molar-refractivity contribution in [1.82, 2.24) is 0 Å². The van der Waals surface area contributed by atoms with Crippen molar-refractivity contribution in [1.29, 1.82) is 0 Å². The van der Waals surface area contributed by atoms with Crippen LogP contribution in [0.4, 0.5) is 0 Å². The van der Waals surface area contributed by atoms with Crippen molar-refractivity contribution in [3.8, 4) is 0 Å². The molecule has 1 aromatic carbocycles. The van der Waals surface area contributed by atoms with E-state index < -0.39 is 6.10 Å². The average Bonchev–Trinajstić information content (AvgIpc) is 2.30. The summed E-state index contributed by atoms with van der Waals surface area (Å²) in [4.78, 5) is 0. The molecule has 0 radical (unpaired) electrons. The van der Waals surface area contributed by atoms with Crippen LogP contribution in [0, 0.1) is 6.92 Å². The lowest BCUT2D eigenvalue weighted by Crippen LogP contribution is -2.07. The molecule has 2 heteroatoms. The zero-order valence-corrected chi connectivity index (χ0v) is 8.94. The fourth-order valence-electron chi connectivity index (χ4n) is 1.75. The first kappa shape index (κ1) is 10.2. The molecule has 15 heavy (non-hydrogen) atoms. The Balaban J connectivity index is 2.16. The van der Waals surface area contributed by atoms with Crippen LogP contribution >= 0.6 is 0 Å². The van der Waals surface area contributed by atoms with Crippen LogP contribution in [-0.2, 0) is 4.74 Å². The molecule has 0 saturated carbocycles. The van der Waals surface area contributed by atoms with Crippen LogP contribution in [-0.4, -0.2) is 11.7 Å². The molecule has 0 aromatic heterocycles. The SMILES string of the molecule is Cc1ccc(C(O)C2=COCCC2)cc1. The molecule has 1 atom stereocenters. The van der Waals surface area contributed by atoms with Gasteiger partial charge in [0.15, 0.2) is 0 Å². The second-order valence-corrected chi connectivity index (χ2v) is 3.98. The predicted molar refractivity (Wildman–Crippen MR) is 59.4 cm³/mol. The molecule has 1 aromatic rings. The first-order valence-electron chi connectivity index (χ1n) is 5.32. The third-order valence-corrected chi connectivity index (χ3v) is 2.71. The molecule has 0 fully saturated rings. The van der Waals surface area contributed by atoms with Gasteiger partial charge in [-0.2, -0.15) is 0 Å². The van der Waals surface area contributed by atoms with E-state index in [-0.39, 0.29) is 0 Å². The molecule has 1 aliphatic heterocycles. The smallest absolute Gasteiger partial charge is 0.103 e. The minimum atomic E-state index is -0.508. The molecule has 1 aliphatic rings. The van der Waals surface area contributed by atoms with E-state index in [0.29, 0.717) is 0 Å². The van der Waals surface area contributed by atoms with E-state index >= 15 is 0 Å². The summed E-state index contributed by atoms with van der Waals surface area (Å²) < 4.78 is 5.23. The number of rotatable bonds is 2. The Bertz CT molecular complexity index is 351. The van der Waals surface area contributed by atoms with Crippen LogP contribution in [0.25, 0.3) is 0 Å². The molecule has 0 spiro atoms. The second kappa shape index (κ2) is 4.49. The van der Waals surface area contributed by atoms with Gasteiger partial charge in [0, 0.05) is 0 Å². The highest BCUT2D eigenvalue weighted by atomic mass is 16.5. The van der Waals surface area contributed by atoms with Gasteiger partial charge in [-0.15, -0.1) is 0 Å². The van der Waals surface area contributed by atoms with Crippen molar-refractivity contribution in [3.63, 3.8) is 0 Å². The number of aliphatic hydroxyl groups is 1. The molecule has 1 heterocycles. The number of ether oxygens (including phenoxy) is 1. The van der Waals surface area contributed by atoms with Gasteiger partial charge >= 0.3 is 0 Å². The van der Waals surface area contributed by atoms with E-state index in [1.807, 2.05) is 31.2 Å². The average molecular weight is 204 g/mol. The van der Waals surface area contributed by atoms with Gasteiger partial charge in [0.1, 0.15) is 6.10 Å². The molecule has 1 unspecified atom stereocenters. The lowest BCUT2D eigenvalue weighted by atomic mass is 9.97. The molecule has 0 amide bonds. The minimum absolute atomic E-state index is 0.508. The van der Waals surface area contributed by atoms with Crippen molar-refractivity contribution in [2.75, 3.05) is 6.61 Å². The Morgan fingerprint density at radius 1 is 1.27 bits per heavy atom. The zero-order chi connectivity index (χ0) is 10.7. The summed E-state index contributed by atoms with van der Waals surface area (Å²) in [5.74, 6) is 0. The Kier molecular flexibility index (Phi) is 3.07. The third kappa shape index (κ3) is 2.39. The van der Waals surface area contributed by atoms with E-state index in [4.69, 9.17) is 4.74 Å². The van der Waals surface area contributed by atoms with E-state index in [0.717, 1.165) is 30.6 Å². The fourth-order valence-corrected chi connectivity index (χ4v) is 1.75. The summed E-state index contributed by atoms with van der Waals surface area (Å²) in [6, 6.07) is 7.97. The summed E-state index contributed by atoms with van der Waals surface area (Å²) in [5.41, 5.74) is 3.13. The highest BCUT2D eigenvalue weighted by Crippen LogP contribution is 2.27. The summed E-state index contributed by atoms with van der Waals surface area (Å²) >= 11 is 0. The fraction of sp³-hybridized carbons (Fsp3) is 0.385. The number of benzene rings is 1. The number of aliphatic hydroxyl groups excluding tert-OH is 1. The molecule has 2 nitrogen and oxygen atoms in total. The van der Waals surface area contributed by atoms with E-state index in [9.17, 15) is 5.11 Å². The minimum Gasteiger partial charge on any atom is -0.501 e. The van der Waals surface area contributed by atoms with E-state index in [2.05, 4.69) is 0 Å². The van der Waals surface area contributed by atoms with Gasteiger partial charge in [-0.05, 0) is 30.9 Å². The molecule has 0 aliphatic carbocycles. The maximum absolute atomic E-state index is 10.1. The van der Waals surface area contributed by atoms with Gasteiger partial charge < -0.3 is 9.84 Å². The lowest BCUT2D eigenvalue weighted by Gasteiger charge is -2.19. The predicted octanol–water partition coefficient (Wildman–Crippen LogP) is 2.72. The molecular formula is C13H16O2. The van der Waals surface area contributed by atoms with Crippen LogP contribution in [0.3, 0.4) is 0 Å². The standard InChI is InChI=1S/C13H16O2/c1-10-4-6-11(7-5-10)13(14)12-3-2-8-15-9-12/h4-7,9,13-14H,2-3,8H2,1H3. The van der Waals surface area contributed by atoms with Crippen LogP contribution in [0.1, 0.15) is 30.1 Å². The van der Waals surface area contributed by atoms with Gasteiger partial charge in [0.05, 0.1) is 12.9 Å². The monoisotopic (exact) mass is 204 g/mol. The highest BCUT2D eigenvalue weighted by Gasteiger charge is 2.15.